The van der Waals surface area contributed by atoms with Crippen molar-refractivity contribution in [3.63, 3.8) is 0 Å². The van der Waals surface area contributed by atoms with E-state index < -0.39 is 10.0 Å². The Hall–Kier alpha value is -1.15. The number of nitrogens with two attached hydrogens (primary N) is 1. The van der Waals surface area contributed by atoms with Gasteiger partial charge in [0.1, 0.15) is 5.75 Å². The first-order valence-electron chi connectivity index (χ1n) is 7.04. The van der Waals surface area contributed by atoms with Crippen LogP contribution in [-0.4, -0.2) is 52.2 Å². The summed E-state index contributed by atoms with van der Waals surface area (Å²) in [6.07, 6.45) is 1.49. The molecular weight excluding hydrogens is 292 g/mol. The van der Waals surface area contributed by atoms with Crippen LogP contribution in [0, 0.1) is 0 Å². The monoisotopic (exact) mass is 314 g/mol. The van der Waals surface area contributed by atoms with Gasteiger partial charge in [0.05, 0.1) is 17.6 Å². The summed E-state index contributed by atoms with van der Waals surface area (Å²) in [6.45, 7) is 2.01. The van der Waals surface area contributed by atoms with Crippen LogP contribution in [-0.2, 0) is 14.8 Å². The molecule has 0 aliphatic carbocycles. The second-order valence-electron chi connectivity index (χ2n) is 4.97. The Balaban J connectivity index is 2.03. The third-order valence-corrected chi connectivity index (χ3v) is 5.40. The number of ether oxygens (including phenoxy) is 2. The van der Waals surface area contributed by atoms with Crippen LogP contribution in [0.25, 0.3) is 0 Å². The van der Waals surface area contributed by atoms with Crippen molar-refractivity contribution in [1.29, 1.82) is 0 Å². The maximum Gasteiger partial charge on any atom is 0.243 e. The molecule has 0 aromatic heterocycles. The first kappa shape index (κ1) is 16.2. The molecule has 1 heterocycles. The first-order chi connectivity index (χ1) is 10.1. The van der Waals surface area contributed by atoms with Gasteiger partial charge in [-0.05, 0) is 43.7 Å². The molecule has 1 aliphatic heterocycles. The van der Waals surface area contributed by atoms with Crippen LogP contribution < -0.4 is 10.5 Å². The van der Waals surface area contributed by atoms with Crippen molar-refractivity contribution in [1.82, 2.24) is 4.31 Å². The molecule has 0 amide bonds. The molecule has 7 heteroatoms. The van der Waals surface area contributed by atoms with E-state index in [1.165, 1.54) is 4.31 Å². The molecule has 118 valence electrons. The van der Waals surface area contributed by atoms with Crippen molar-refractivity contribution in [3.05, 3.63) is 24.3 Å². The lowest BCUT2D eigenvalue weighted by molar-refractivity contribution is 0.115. The number of nitrogens with zero attached hydrogens (tertiary/aromatic N) is 1. The third-order valence-electron chi connectivity index (χ3n) is 3.52. The fourth-order valence-corrected chi connectivity index (χ4v) is 3.73. The predicted octanol–water partition coefficient (Wildman–Crippen LogP) is 0.824. The van der Waals surface area contributed by atoms with Crippen LogP contribution in [0.2, 0.25) is 0 Å². The average Bonchev–Trinajstić information content (AvgIpc) is 2.98. The zero-order valence-corrected chi connectivity index (χ0v) is 13.0. The van der Waals surface area contributed by atoms with Crippen LogP contribution >= 0.6 is 0 Å². The Labute approximate surface area is 125 Å². The molecule has 1 unspecified atom stereocenters. The largest absolute Gasteiger partial charge is 0.494 e. The van der Waals surface area contributed by atoms with Gasteiger partial charge in [-0.15, -0.1) is 0 Å². The summed E-state index contributed by atoms with van der Waals surface area (Å²) in [4.78, 5) is 0.283. The van der Waals surface area contributed by atoms with E-state index in [-0.39, 0.29) is 11.0 Å². The van der Waals surface area contributed by atoms with Gasteiger partial charge >= 0.3 is 0 Å². The van der Waals surface area contributed by atoms with Crippen LogP contribution in [0.15, 0.2) is 29.2 Å². The molecule has 1 fully saturated rings. The third kappa shape index (κ3) is 3.94. The van der Waals surface area contributed by atoms with E-state index in [1.54, 1.807) is 31.4 Å². The van der Waals surface area contributed by atoms with Crippen molar-refractivity contribution in [2.24, 2.45) is 5.73 Å². The summed E-state index contributed by atoms with van der Waals surface area (Å²) in [5.41, 5.74) is 5.39. The SMILES string of the molecule is COC1CCN(S(=O)(=O)c2ccc(OCCCN)cc2)C1. The Morgan fingerprint density at radius 1 is 1.33 bits per heavy atom. The minimum absolute atomic E-state index is 0.0151. The Morgan fingerprint density at radius 2 is 2.05 bits per heavy atom. The van der Waals surface area contributed by atoms with Crippen molar-refractivity contribution >= 4 is 10.0 Å². The van der Waals surface area contributed by atoms with Gasteiger partial charge < -0.3 is 15.2 Å². The summed E-state index contributed by atoms with van der Waals surface area (Å²) in [5.74, 6) is 0.651. The minimum Gasteiger partial charge on any atom is -0.494 e. The molecule has 0 bridgehead atoms. The predicted molar refractivity (Wildman–Crippen MR) is 79.8 cm³/mol. The molecule has 1 aromatic carbocycles. The fraction of sp³-hybridized carbons (Fsp3) is 0.571. The topological polar surface area (TPSA) is 81.9 Å². The summed E-state index contributed by atoms with van der Waals surface area (Å²) in [7, 11) is -1.84. The van der Waals surface area contributed by atoms with Crippen molar-refractivity contribution in [3.8, 4) is 5.75 Å². The maximum absolute atomic E-state index is 12.5. The molecule has 0 saturated carbocycles. The van der Waals surface area contributed by atoms with Crippen molar-refractivity contribution < 1.29 is 17.9 Å². The van der Waals surface area contributed by atoms with Gasteiger partial charge in [0, 0.05) is 20.2 Å². The highest BCUT2D eigenvalue weighted by Crippen LogP contribution is 2.24. The second kappa shape index (κ2) is 7.22. The zero-order valence-electron chi connectivity index (χ0n) is 12.2. The molecular formula is C14H22N2O4S. The van der Waals surface area contributed by atoms with Gasteiger partial charge in [-0.3, -0.25) is 0 Å². The van der Waals surface area contributed by atoms with E-state index in [2.05, 4.69) is 0 Å². The molecule has 21 heavy (non-hydrogen) atoms. The van der Waals surface area contributed by atoms with Crippen molar-refractivity contribution in [2.45, 2.75) is 23.8 Å². The Kier molecular flexibility index (Phi) is 5.58. The molecule has 2 N–H and O–H groups in total. The number of sulfonamides is 1. The van der Waals surface area contributed by atoms with E-state index in [4.69, 9.17) is 15.2 Å². The highest BCUT2D eigenvalue weighted by Gasteiger charge is 2.32. The first-order valence-corrected chi connectivity index (χ1v) is 8.48. The lowest BCUT2D eigenvalue weighted by atomic mass is 10.3. The van der Waals surface area contributed by atoms with Gasteiger partial charge in [-0.1, -0.05) is 0 Å². The highest BCUT2D eigenvalue weighted by molar-refractivity contribution is 7.89. The zero-order chi connectivity index (χ0) is 15.3. The lowest BCUT2D eigenvalue weighted by Crippen LogP contribution is -2.30. The van der Waals surface area contributed by atoms with E-state index in [9.17, 15) is 8.42 Å². The number of methoxy groups -OCH3 is 1. The van der Waals surface area contributed by atoms with Gasteiger partial charge in [0.2, 0.25) is 10.0 Å². The Bertz CT molecular complexity index is 545. The summed E-state index contributed by atoms with van der Waals surface area (Å²) < 4.78 is 37.1. The van der Waals surface area contributed by atoms with E-state index in [1.807, 2.05) is 0 Å². The maximum atomic E-state index is 12.5. The van der Waals surface area contributed by atoms with Crippen LogP contribution in [0.1, 0.15) is 12.8 Å². The number of benzene rings is 1. The van der Waals surface area contributed by atoms with Crippen LogP contribution in [0.4, 0.5) is 0 Å². The number of hydrogen-bond acceptors (Lipinski definition) is 5. The van der Waals surface area contributed by atoms with Crippen molar-refractivity contribution in [2.75, 3.05) is 33.4 Å². The van der Waals surface area contributed by atoms with Crippen LogP contribution in [0.3, 0.4) is 0 Å². The van der Waals surface area contributed by atoms with Gasteiger partial charge in [0.15, 0.2) is 0 Å². The molecule has 1 saturated heterocycles. The quantitative estimate of drug-likeness (QED) is 0.754. The lowest BCUT2D eigenvalue weighted by Gasteiger charge is -2.16. The molecule has 1 aliphatic rings. The standard InChI is InChI=1S/C14H22N2O4S/c1-19-13-7-9-16(11-13)21(17,18)14-5-3-12(4-6-14)20-10-2-8-15/h3-6,13H,2,7-11,15H2,1H3. The smallest absolute Gasteiger partial charge is 0.243 e. The highest BCUT2D eigenvalue weighted by atomic mass is 32.2. The number of rotatable bonds is 7. The molecule has 1 atom stereocenters. The normalized spacial score (nSPS) is 19.8. The molecule has 2 rings (SSSR count). The molecule has 0 spiro atoms. The minimum atomic E-state index is -3.45. The summed E-state index contributed by atoms with van der Waals surface area (Å²) in [5, 5.41) is 0. The summed E-state index contributed by atoms with van der Waals surface area (Å²) >= 11 is 0. The Morgan fingerprint density at radius 3 is 2.62 bits per heavy atom. The fourth-order valence-electron chi connectivity index (χ4n) is 2.24. The van der Waals surface area contributed by atoms with Crippen LogP contribution in [0.5, 0.6) is 5.75 Å². The average molecular weight is 314 g/mol. The molecule has 6 nitrogen and oxygen atoms in total. The van der Waals surface area contributed by atoms with E-state index in [0.29, 0.717) is 32.0 Å². The van der Waals surface area contributed by atoms with Gasteiger partial charge in [0.25, 0.3) is 0 Å². The van der Waals surface area contributed by atoms with Gasteiger partial charge in [-0.2, -0.15) is 4.31 Å². The molecule has 0 radical (unpaired) electrons. The van der Waals surface area contributed by atoms with E-state index >= 15 is 0 Å². The summed E-state index contributed by atoms with van der Waals surface area (Å²) in [6, 6.07) is 6.50. The number of hydrogen-bond donors (Lipinski definition) is 1. The van der Waals surface area contributed by atoms with Gasteiger partial charge in [-0.25, -0.2) is 8.42 Å². The van der Waals surface area contributed by atoms with E-state index in [0.717, 1.165) is 12.8 Å². The molecule has 1 aromatic rings. The second-order valence-corrected chi connectivity index (χ2v) is 6.91.